The van der Waals surface area contributed by atoms with Gasteiger partial charge in [-0.2, -0.15) is 0 Å². The molecule has 0 aliphatic carbocycles. The van der Waals surface area contributed by atoms with Crippen LogP contribution in [0.3, 0.4) is 0 Å². The lowest BCUT2D eigenvalue weighted by Crippen LogP contribution is -2.09. The van der Waals surface area contributed by atoms with Crippen molar-refractivity contribution >= 4 is 11.9 Å². The van der Waals surface area contributed by atoms with E-state index in [0.717, 1.165) is 6.92 Å². The average molecular weight is 210 g/mol. The van der Waals surface area contributed by atoms with Gasteiger partial charge in [0.05, 0.1) is 12.7 Å². The number of rotatable bonds is 2. The van der Waals surface area contributed by atoms with E-state index in [1.807, 2.05) is 0 Å². The number of hydrogen-bond acceptors (Lipinski definition) is 5. The van der Waals surface area contributed by atoms with Gasteiger partial charge in [-0.1, -0.05) is 0 Å². The first-order chi connectivity index (χ1) is 7.04. The summed E-state index contributed by atoms with van der Waals surface area (Å²) in [6.07, 6.45) is 0. The van der Waals surface area contributed by atoms with Gasteiger partial charge < -0.3 is 14.6 Å². The van der Waals surface area contributed by atoms with Gasteiger partial charge in [-0.3, -0.25) is 4.79 Å². The Morgan fingerprint density at radius 3 is 2.53 bits per heavy atom. The Bertz CT molecular complexity index is 397. The van der Waals surface area contributed by atoms with Gasteiger partial charge in [0.1, 0.15) is 0 Å². The summed E-state index contributed by atoms with van der Waals surface area (Å²) in [7, 11) is 1.36. The zero-order chi connectivity index (χ0) is 11.4. The van der Waals surface area contributed by atoms with Gasteiger partial charge in [-0.05, 0) is 18.2 Å². The SMILES string of the molecule is COc1cc(C(=O)OC(C)=O)ccc1O. The molecule has 0 saturated heterocycles. The molecule has 0 unspecified atom stereocenters. The maximum atomic E-state index is 11.3. The van der Waals surface area contributed by atoms with Crippen molar-refractivity contribution in [3.8, 4) is 11.5 Å². The number of benzene rings is 1. The molecule has 0 radical (unpaired) electrons. The molecule has 0 atom stereocenters. The second-order valence-electron chi connectivity index (χ2n) is 2.77. The van der Waals surface area contributed by atoms with Crippen LogP contribution in [0.2, 0.25) is 0 Å². The van der Waals surface area contributed by atoms with Crippen LogP contribution in [0, 0.1) is 0 Å². The number of methoxy groups -OCH3 is 1. The summed E-state index contributed by atoms with van der Waals surface area (Å²) < 4.78 is 9.16. The lowest BCUT2D eigenvalue weighted by Gasteiger charge is -2.05. The predicted molar refractivity (Wildman–Crippen MR) is 50.8 cm³/mol. The van der Waals surface area contributed by atoms with Crippen LogP contribution in [-0.4, -0.2) is 24.2 Å². The van der Waals surface area contributed by atoms with Crippen LogP contribution in [0.5, 0.6) is 11.5 Å². The first kappa shape index (κ1) is 11.0. The van der Waals surface area contributed by atoms with Gasteiger partial charge in [0.15, 0.2) is 11.5 Å². The van der Waals surface area contributed by atoms with Crippen molar-refractivity contribution in [1.82, 2.24) is 0 Å². The van der Waals surface area contributed by atoms with Crippen LogP contribution in [0.4, 0.5) is 0 Å². The Hall–Kier alpha value is -2.04. The lowest BCUT2D eigenvalue weighted by molar-refractivity contribution is -0.135. The van der Waals surface area contributed by atoms with Crippen molar-refractivity contribution in [2.45, 2.75) is 6.92 Å². The number of carbonyl (C=O) groups is 2. The zero-order valence-electron chi connectivity index (χ0n) is 8.31. The van der Waals surface area contributed by atoms with Crippen LogP contribution in [-0.2, 0) is 9.53 Å². The van der Waals surface area contributed by atoms with Gasteiger partial charge in [0.2, 0.25) is 0 Å². The first-order valence-corrected chi connectivity index (χ1v) is 4.14. The van der Waals surface area contributed by atoms with Crippen molar-refractivity contribution in [2.24, 2.45) is 0 Å². The molecular formula is C10H10O5. The summed E-state index contributed by atoms with van der Waals surface area (Å²) in [5.74, 6) is -1.40. The smallest absolute Gasteiger partial charge is 0.345 e. The molecular weight excluding hydrogens is 200 g/mol. The molecule has 5 nitrogen and oxygen atoms in total. The highest BCUT2D eigenvalue weighted by Crippen LogP contribution is 2.26. The van der Waals surface area contributed by atoms with Crippen LogP contribution >= 0.6 is 0 Å². The van der Waals surface area contributed by atoms with Crippen LogP contribution in [0.25, 0.3) is 0 Å². The van der Waals surface area contributed by atoms with Crippen LogP contribution < -0.4 is 4.74 Å². The molecule has 80 valence electrons. The molecule has 0 aliphatic rings. The summed E-state index contributed by atoms with van der Waals surface area (Å²) in [6.45, 7) is 1.13. The molecule has 1 rings (SSSR count). The maximum Gasteiger partial charge on any atom is 0.345 e. The van der Waals surface area contributed by atoms with E-state index in [0.29, 0.717) is 0 Å². The van der Waals surface area contributed by atoms with E-state index < -0.39 is 11.9 Å². The third kappa shape index (κ3) is 2.70. The fraction of sp³-hybridized carbons (Fsp3) is 0.200. The molecule has 0 heterocycles. The predicted octanol–water partition coefficient (Wildman–Crippen LogP) is 1.10. The van der Waals surface area contributed by atoms with Crippen molar-refractivity contribution in [3.63, 3.8) is 0 Å². The maximum absolute atomic E-state index is 11.3. The van der Waals surface area contributed by atoms with E-state index in [1.54, 1.807) is 0 Å². The van der Waals surface area contributed by atoms with Gasteiger partial charge in [0.25, 0.3) is 0 Å². The molecule has 0 amide bonds. The number of hydrogen-bond donors (Lipinski definition) is 1. The van der Waals surface area contributed by atoms with E-state index >= 15 is 0 Å². The summed E-state index contributed by atoms with van der Waals surface area (Å²) >= 11 is 0. The fourth-order valence-electron chi connectivity index (χ4n) is 0.994. The van der Waals surface area contributed by atoms with Gasteiger partial charge >= 0.3 is 11.9 Å². The van der Waals surface area contributed by atoms with Crippen molar-refractivity contribution < 1.29 is 24.2 Å². The standard InChI is InChI=1S/C10H10O5/c1-6(11)15-10(13)7-3-4-8(12)9(5-7)14-2/h3-5,12H,1-2H3. The topological polar surface area (TPSA) is 72.8 Å². The number of phenols is 1. The number of aromatic hydroxyl groups is 1. The minimum atomic E-state index is -0.777. The van der Waals surface area contributed by atoms with Gasteiger partial charge in [-0.15, -0.1) is 0 Å². The Morgan fingerprint density at radius 1 is 1.33 bits per heavy atom. The Balaban J connectivity index is 2.95. The molecule has 0 aromatic heterocycles. The summed E-state index contributed by atoms with van der Waals surface area (Å²) in [6, 6.07) is 3.92. The van der Waals surface area contributed by atoms with E-state index in [2.05, 4.69) is 4.74 Å². The number of ether oxygens (including phenoxy) is 2. The molecule has 5 heteroatoms. The molecule has 0 bridgehead atoms. The molecule has 15 heavy (non-hydrogen) atoms. The van der Waals surface area contributed by atoms with Crippen molar-refractivity contribution in [3.05, 3.63) is 23.8 Å². The third-order valence-corrected chi connectivity index (χ3v) is 1.65. The highest BCUT2D eigenvalue weighted by Gasteiger charge is 2.12. The average Bonchev–Trinajstić information content (AvgIpc) is 2.17. The summed E-state index contributed by atoms with van der Waals surface area (Å²) in [5, 5.41) is 9.25. The molecule has 0 spiro atoms. The third-order valence-electron chi connectivity index (χ3n) is 1.65. The second kappa shape index (κ2) is 4.45. The van der Waals surface area contributed by atoms with E-state index in [4.69, 9.17) is 4.74 Å². The quantitative estimate of drug-likeness (QED) is 0.584. The number of phenolic OH excluding ortho intramolecular Hbond substituents is 1. The van der Waals surface area contributed by atoms with Crippen molar-refractivity contribution in [1.29, 1.82) is 0 Å². The van der Waals surface area contributed by atoms with Crippen LogP contribution in [0.15, 0.2) is 18.2 Å². The lowest BCUT2D eigenvalue weighted by atomic mass is 10.2. The molecule has 1 N–H and O–H groups in total. The largest absolute Gasteiger partial charge is 0.504 e. The second-order valence-corrected chi connectivity index (χ2v) is 2.77. The first-order valence-electron chi connectivity index (χ1n) is 4.14. The minimum Gasteiger partial charge on any atom is -0.504 e. The van der Waals surface area contributed by atoms with Crippen LogP contribution in [0.1, 0.15) is 17.3 Å². The van der Waals surface area contributed by atoms with Crippen molar-refractivity contribution in [2.75, 3.05) is 7.11 Å². The monoisotopic (exact) mass is 210 g/mol. The minimum absolute atomic E-state index is 0.0862. The van der Waals surface area contributed by atoms with Gasteiger partial charge in [-0.25, -0.2) is 4.79 Å². The zero-order valence-corrected chi connectivity index (χ0v) is 8.31. The van der Waals surface area contributed by atoms with E-state index in [9.17, 15) is 14.7 Å². The molecule has 0 aliphatic heterocycles. The van der Waals surface area contributed by atoms with Gasteiger partial charge in [0, 0.05) is 6.92 Å². The Morgan fingerprint density at radius 2 is 2.00 bits per heavy atom. The number of carbonyl (C=O) groups excluding carboxylic acids is 2. The Labute approximate surface area is 86.2 Å². The summed E-state index contributed by atoms with van der Waals surface area (Å²) in [5.41, 5.74) is 0.139. The number of esters is 2. The normalized spacial score (nSPS) is 9.47. The fourth-order valence-corrected chi connectivity index (χ4v) is 0.994. The highest BCUT2D eigenvalue weighted by molar-refractivity contribution is 5.96. The van der Waals surface area contributed by atoms with E-state index in [-0.39, 0.29) is 17.1 Å². The molecule has 1 aromatic rings. The highest BCUT2D eigenvalue weighted by atomic mass is 16.6. The Kier molecular flexibility index (Phi) is 3.28. The summed E-state index contributed by atoms with van der Waals surface area (Å²) in [4.78, 5) is 21.8. The molecule has 1 aromatic carbocycles. The molecule has 0 saturated carbocycles. The molecule has 0 fully saturated rings. The van der Waals surface area contributed by atoms with E-state index in [1.165, 1.54) is 25.3 Å².